The van der Waals surface area contributed by atoms with E-state index in [0.717, 1.165) is 10.4 Å². The molecule has 1 aliphatic rings. The fraction of sp³-hybridized carbons (Fsp3) is 0.600. The Morgan fingerprint density at radius 3 is 2.76 bits per heavy atom. The molecule has 0 heterocycles. The van der Waals surface area contributed by atoms with E-state index in [1.807, 2.05) is 0 Å². The second-order valence-corrected chi connectivity index (χ2v) is 6.68. The van der Waals surface area contributed by atoms with Gasteiger partial charge in [-0.1, -0.05) is 47.8 Å². The maximum atomic E-state index is 6.62. The molecule has 1 aromatic rings. The van der Waals surface area contributed by atoms with Crippen LogP contribution in [-0.4, -0.2) is 0 Å². The largest absolute Gasteiger partial charge is 0.321 e. The first kappa shape index (κ1) is 13.1. The topological polar surface area (TPSA) is 26.0 Å². The van der Waals surface area contributed by atoms with E-state index in [1.54, 1.807) is 0 Å². The van der Waals surface area contributed by atoms with Crippen LogP contribution in [0.5, 0.6) is 0 Å². The van der Waals surface area contributed by atoms with Crippen LogP contribution in [0, 0.1) is 11.8 Å². The van der Waals surface area contributed by atoms with Crippen LogP contribution in [0.4, 0.5) is 0 Å². The molecule has 3 unspecified atom stereocenters. The zero-order valence-electron chi connectivity index (χ0n) is 10.7. The molecule has 0 bridgehead atoms. The van der Waals surface area contributed by atoms with Crippen LogP contribution in [0.2, 0.25) is 0 Å². The summed E-state index contributed by atoms with van der Waals surface area (Å²) in [5.41, 5.74) is 7.68. The second kappa shape index (κ2) is 5.11. The van der Waals surface area contributed by atoms with Gasteiger partial charge in [0.25, 0.3) is 0 Å². The number of halogens is 1. The van der Waals surface area contributed by atoms with E-state index in [1.165, 1.54) is 31.2 Å². The molecule has 1 saturated carbocycles. The van der Waals surface area contributed by atoms with Crippen molar-refractivity contribution in [1.29, 1.82) is 0 Å². The van der Waals surface area contributed by atoms with E-state index in [0.29, 0.717) is 5.92 Å². The fourth-order valence-corrected chi connectivity index (χ4v) is 3.44. The first-order valence-electron chi connectivity index (χ1n) is 6.55. The lowest BCUT2D eigenvalue weighted by molar-refractivity contribution is 0.185. The zero-order valence-corrected chi connectivity index (χ0v) is 12.3. The molecule has 0 amide bonds. The van der Waals surface area contributed by atoms with Crippen molar-refractivity contribution in [2.45, 2.75) is 45.1 Å². The van der Waals surface area contributed by atoms with E-state index >= 15 is 0 Å². The van der Waals surface area contributed by atoms with E-state index in [2.05, 4.69) is 54.0 Å². The van der Waals surface area contributed by atoms with E-state index in [9.17, 15) is 0 Å². The molecule has 0 spiro atoms. The second-order valence-electron chi connectivity index (χ2n) is 5.76. The fourth-order valence-electron chi connectivity index (χ4n) is 3.04. The van der Waals surface area contributed by atoms with Gasteiger partial charge < -0.3 is 5.73 Å². The van der Waals surface area contributed by atoms with E-state index in [-0.39, 0.29) is 5.54 Å². The Hall–Kier alpha value is -0.340. The smallest absolute Gasteiger partial charge is 0.0410 e. The highest BCUT2D eigenvalue weighted by molar-refractivity contribution is 9.10. The molecule has 1 aliphatic carbocycles. The predicted octanol–water partition coefficient (Wildman–Crippen LogP) is 4.45. The molecule has 1 fully saturated rings. The van der Waals surface area contributed by atoms with Gasteiger partial charge >= 0.3 is 0 Å². The molecule has 2 rings (SSSR count). The first-order valence-corrected chi connectivity index (χ1v) is 7.34. The van der Waals surface area contributed by atoms with Gasteiger partial charge in [-0.05, 0) is 49.3 Å². The SMILES string of the molecule is CC1CCCC(C(C)(N)c2cccc(Br)c2)C1. The lowest BCUT2D eigenvalue weighted by Gasteiger charge is -2.39. The van der Waals surface area contributed by atoms with Crippen molar-refractivity contribution in [3.63, 3.8) is 0 Å². The van der Waals surface area contributed by atoms with Crippen molar-refractivity contribution in [1.82, 2.24) is 0 Å². The Morgan fingerprint density at radius 1 is 1.35 bits per heavy atom. The van der Waals surface area contributed by atoms with Gasteiger partial charge in [0.1, 0.15) is 0 Å². The number of benzene rings is 1. The standard InChI is InChI=1S/C15H22BrN/c1-11-5-3-6-12(9-11)15(2,17)13-7-4-8-14(16)10-13/h4,7-8,10-12H,3,5-6,9,17H2,1-2H3. The molecule has 2 N–H and O–H groups in total. The van der Waals surface area contributed by atoms with Gasteiger partial charge in [-0.25, -0.2) is 0 Å². The first-order chi connectivity index (χ1) is 8.00. The summed E-state index contributed by atoms with van der Waals surface area (Å²) >= 11 is 3.53. The van der Waals surface area contributed by atoms with E-state index < -0.39 is 0 Å². The van der Waals surface area contributed by atoms with Crippen LogP contribution in [0.1, 0.15) is 45.1 Å². The van der Waals surface area contributed by atoms with Gasteiger partial charge in [0.05, 0.1) is 0 Å². The highest BCUT2D eigenvalue weighted by Gasteiger charge is 2.34. The van der Waals surface area contributed by atoms with Crippen LogP contribution in [0.15, 0.2) is 28.7 Å². The molecule has 0 saturated heterocycles. The third-order valence-corrected chi connectivity index (χ3v) is 4.72. The summed E-state index contributed by atoms with van der Waals surface area (Å²) < 4.78 is 1.12. The molecule has 1 aromatic carbocycles. The lowest BCUT2D eigenvalue weighted by atomic mass is 9.70. The molecule has 17 heavy (non-hydrogen) atoms. The average molecular weight is 296 g/mol. The third-order valence-electron chi connectivity index (χ3n) is 4.23. The zero-order chi connectivity index (χ0) is 12.5. The highest BCUT2D eigenvalue weighted by Crippen LogP contribution is 2.39. The Balaban J connectivity index is 2.22. The van der Waals surface area contributed by atoms with E-state index in [4.69, 9.17) is 5.73 Å². The van der Waals surface area contributed by atoms with Crippen molar-refractivity contribution in [2.24, 2.45) is 17.6 Å². The van der Waals surface area contributed by atoms with Gasteiger partial charge in [-0.15, -0.1) is 0 Å². The van der Waals surface area contributed by atoms with Crippen LogP contribution in [0.3, 0.4) is 0 Å². The molecule has 0 radical (unpaired) electrons. The molecule has 3 atom stereocenters. The number of hydrogen-bond donors (Lipinski definition) is 1. The Kier molecular flexibility index (Phi) is 3.94. The Morgan fingerprint density at radius 2 is 2.12 bits per heavy atom. The van der Waals surface area contributed by atoms with Crippen molar-refractivity contribution >= 4 is 15.9 Å². The number of hydrogen-bond acceptors (Lipinski definition) is 1. The minimum absolute atomic E-state index is 0.196. The van der Waals surface area contributed by atoms with Crippen molar-refractivity contribution in [3.8, 4) is 0 Å². The van der Waals surface area contributed by atoms with Crippen LogP contribution >= 0.6 is 15.9 Å². The maximum Gasteiger partial charge on any atom is 0.0410 e. The molecule has 0 aliphatic heterocycles. The minimum atomic E-state index is -0.196. The van der Waals surface area contributed by atoms with Crippen LogP contribution in [0.25, 0.3) is 0 Å². The average Bonchev–Trinajstić information content (AvgIpc) is 2.29. The summed E-state index contributed by atoms with van der Waals surface area (Å²) in [6.45, 7) is 4.54. The van der Waals surface area contributed by atoms with Gasteiger partial charge in [0.15, 0.2) is 0 Å². The third kappa shape index (κ3) is 2.92. The minimum Gasteiger partial charge on any atom is -0.321 e. The quantitative estimate of drug-likeness (QED) is 0.857. The monoisotopic (exact) mass is 295 g/mol. The molecule has 94 valence electrons. The van der Waals surface area contributed by atoms with Crippen molar-refractivity contribution in [3.05, 3.63) is 34.3 Å². The molecule has 2 heteroatoms. The summed E-state index contributed by atoms with van der Waals surface area (Å²) in [5, 5.41) is 0. The normalized spacial score (nSPS) is 28.7. The number of nitrogens with two attached hydrogens (primary N) is 1. The molecular formula is C15H22BrN. The Bertz CT molecular complexity index is 386. The van der Waals surface area contributed by atoms with Crippen LogP contribution in [-0.2, 0) is 5.54 Å². The van der Waals surface area contributed by atoms with Crippen molar-refractivity contribution in [2.75, 3.05) is 0 Å². The van der Waals surface area contributed by atoms with Gasteiger partial charge in [-0.3, -0.25) is 0 Å². The molecule has 0 aromatic heterocycles. The summed E-state index contributed by atoms with van der Waals surface area (Å²) in [4.78, 5) is 0. The summed E-state index contributed by atoms with van der Waals surface area (Å²) in [5.74, 6) is 1.43. The number of rotatable bonds is 2. The van der Waals surface area contributed by atoms with Gasteiger partial charge in [0, 0.05) is 10.0 Å². The summed E-state index contributed by atoms with van der Waals surface area (Å²) in [6.07, 6.45) is 5.22. The van der Waals surface area contributed by atoms with Crippen LogP contribution < -0.4 is 5.73 Å². The van der Waals surface area contributed by atoms with Gasteiger partial charge in [0.2, 0.25) is 0 Å². The van der Waals surface area contributed by atoms with Gasteiger partial charge in [-0.2, -0.15) is 0 Å². The Labute approximate surface area is 113 Å². The summed E-state index contributed by atoms with van der Waals surface area (Å²) in [7, 11) is 0. The highest BCUT2D eigenvalue weighted by atomic mass is 79.9. The maximum absolute atomic E-state index is 6.62. The predicted molar refractivity (Wildman–Crippen MR) is 76.8 cm³/mol. The van der Waals surface area contributed by atoms with Crippen molar-refractivity contribution < 1.29 is 0 Å². The molecule has 1 nitrogen and oxygen atoms in total. The summed E-state index contributed by atoms with van der Waals surface area (Å²) in [6, 6.07) is 8.46. The molecular weight excluding hydrogens is 274 g/mol. The lowest BCUT2D eigenvalue weighted by Crippen LogP contribution is -2.43.